The maximum atomic E-state index is 12.0. The molecule has 1 aromatic rings. The van der Waals surface area contributed by atoms with Crippen molar-refractivity contribution in [2.45, 2.75) is 13.0 Å². The molecule has 2 heterocycles. The molecule has 7 nitrogen and oxygen atoms in total. The van der Waals surface area contributed by atoms with Crippen molar-refractivity contribution in [2.75, 3.05) is 20.3 Å². The molecule has 2 N–H and O–H groups in total. The van der Waals surface area contributed by atoms with Crippen LogP contribution in [0.5, 0.6) is 11.5 Å². The van der Waals surface area contributed by atoms with E-state index in [4.69, 9.17) is 14.2 Å². The summed E-state index contributed by atoms with van der Waals surface area (Å²) in [5.41, 5.74) is 1.55. The summed E-state index contributed by atoms with van der Waals surface area (Å²) in [7, 11) is 1.31. The maximum absolute atomic E-state index is 12.0. The van der Waals surface area contributed by atoms with Crippen molar-refractivity contribution in [1.82, 2.24) is 10.6 Å². The van der Waals surface area contributed by atoms with Gasteiger partial charge in [0.2, 0.25) is 0 Å². The molecule has 2 aliphatic rings. The third-order valence-electron chi connectivity index (χ3n) is 3.57. The number of allylic oxidation sites excluding steroid dienone is 1. The van der Waals surface area contributed by atoms with Crippen molar-refractivity contribution in [2.24, 2.45) is 0 Å². The summed E-state index contributed by atoms with van der Waals surface area (Å²) >= 11 is 0. The van der Waals surface area contributed by atoms with Gasteiger partial charge in [0, 0.05) is 5.70 Å². The van der Waals surface area contributed by atoms with Crippen LogP contribution in [0.15, 0.2) is 29.5 Å². The van der Waals surface area contributed by atoms with Crippen LogP contribution in [0.25, 0.3) is 0 Å². The number of methoxy groups -OCH3 is 1. The monoisotopic (exact) mass is 304 g/mol. The minimum atomic E-state index is -0.600. The lowest BCUT2D eigenvalue weighted by Crippen LogP contribution is -2.45. The number of fused-ring (bicyclic) bond motifs is 1. The number of rotatable bonds is 2. The van der Waals surface area contributed by atoms with E-state index >= 15 is 0 Å². The number of nitrogens with one attached hydrogen (secondary N) is 2. The summed E-state index contributed by atoms with van der Waals surface area (Å²) in [6.07, 6.45) is 0. The van der Waals surface area contributed by atoms with Gasteiger partial charge in [-0.1, -0.05) is 6.07 Å². The fourth-order valence-electron chi connectivity index (χ4n) is 2.56. The molecule has 116 valence electrons. The minimum absolute atomic E-state index is 0.360. The quantitative estimate of drug-likeness (QED) is 0.803. The standard InChI is InChI=1S/C15H16N2O5/c1-8-12(14(18)20-2)13(17-15(19)16-8)9-3-4-10-11(7-9)22-6-5-21-10/h3-4,7,13H,5-6H2,1-2H3,(H2,16,17,19). The van der Waals surface area contributed by atoms with Crippen LogP contribution in [-0.4, -0.2) is 32.3 Å². The highest BCUT2D eigenvalue weighted by Gasteiger charge is 2.32. The second-order valence-electron chi connectivity index (χ2n) is 4.96. The van der Waals surface area contributed by atoms with E-state index in [1.807, 2.05) is 0 Å². The van der Waals surface area contributed by atoms with E-state index in [1.54, 1.807) is 25.1 Å². The van der Waals surface area contributed by atoms with Crippen LogP contribution in [0, 0.1) is 0 Å². The van der Waals surface area contributed by atoms with Crippen LogP contribution < -0.4 is 20.1 Å². The van der Waals surface area contributed by atoms with Gasteiger partial charge in [0.1, 0.15) is 13.2 Å². The molecule has 0 fully saturated rings. The van der Waals surface area contributed by atoms with Gasteiger partial charge in [0.05, 0.1) is 18.7 Å². The number of carbonyl (C=O) groups is 2. The van der Waals surface area contributed by atoms with Gasteiger partial charge in [-0.3, -0.25) is 0 Å². The molecule has 0 saturated carbocycles. The lowest BCUT2D eigenvalue weighted by molar-refractivity contribution is -0.136. The third-order valence-corrected chi connectivity index (χ3v) is 3.57. The zero-order valence-electron chi connectivity index (χ0n) is 12.3. The van der Waals surface area contributed by atoms with E-state index in [0.29, 0.717) is 36.0 Å². The summed E-state index contributed by atoms with van der Waals surface area (Å²) in [5.74, 6) is 0.749. The Morgan fingerprint density at radius 1 is 1.27 bits per heavy atom. The van der Waals surface area contributed by atoms with E-state index in [-0.39, 0.29) is 6.03 Å². The predicted molar refractivity (Wildman–Crippen MR) is 76.6 cm³/mol. The Bertz CT molecular complexity index is 668. The van der Waals surface area contributed by atoms with Crippen LogP contribution in [0.3, 0.4) is 0 Å². The molecule has 2 aliphatic heterocycles. The summed E-state index contributed by atoms with van der Waals surface area (Å²) in [5, 5.41) is 5.31. The predicted octanol–water partition coefficient (Wildman–Crippen LogP) is 1.26. The van der Waals surface area contributed by atoms with E-state index in [9.17, 15) is 9.59 Å². The molecule has 0 radical (unpaired) electrons. The molecular weight excluding hydrogens is 288 g/mol. The number of esters is 1. The molecule has 0 spiro atoms. The number of benzene rings is 1. The van der Waals surface area contributed by atoms with Gasteiger partial charge in [-0.25, -0.2) is 9.59 Å². The van der Waals surface area contributed by atoms with Crippen molar-refractivity contribution < 1.29 is 23.8 Å². The van der Waals surface area contributed by atoms with Gasteiger partial charge in [-0.05, 0) is 24.6 Å². The van der Waals surface area contributed by atoms with E-state index in [0.717, 1.165) is 5.56 Å². The first kappa shape index (κ1) is 14.2. The maximum Gasteiger partial charge on any atom is 0.337 e. The second kappa shape index (κ2) is 5.59. The molecule has 0 aromatic heterocycles. The highest BCUT2D eigenvalue weighted by atomic mass is 16.6. The average molecular weight is 304 g/mol. The van der Waals surface area contributed by atoms with Crippen LogP contribution >= 0.6 is 0 Å². The summed E-state index contributed by atoms with van der Waals surface area (Å²) in [6, 6.07) is 4.35. The van der Waals surface area contributed by atoms with Gasteiger partial charge in [-0.15, -0.1) is 0 Å². The van der Waals surface area contributed by atoms with Crippen molar-refractivity contribution in [3.05, 3.63) is 35.0 Å². The molecule has 1 atom stereocenters. The normalized spacial score (nSPS) is 20.1. The number of hydrogen-bond donors (Lipinski definition) is 2. The van der Waals surface area contributed by atoms with Gasteiger partial charge >= 0.3 is 12.0 Å². The topological polar surface area (TPSA) is 85.9 Å². The molecule has 3 rings (SSSR count). The molecule has 0 aliphatic carbocycles. The van der Waals surface area contributed by atoms with Gasteiger partial charge in [0.25, 0.3) is 0 Å². The van der Waals surface area contributed by atoms with Gasteiger partial charge < -0.3 is 24.8 Å². The van der Waals surface area contributed by atoms with E-state index in [2.05, 4.69) is 10.6 Å². The Morgan fingerprint density at radius 2 is 2.00 bits per heavy atom. The van der Waals surface area contributed by atoms with Crippen LogP contribution in [0.1, 0.15) is 18.5 Å². The van der Waals surface area contributed by atoms with Crippen molar-refractivity contribution in [1.29, 1.82) is 0 Å². The first-order valence-electron chi connectivity index (χ1n) is 6.86. The smallest absolute Gasteiger partial charge is 0.337 e. The van der Waals surface area contributed by atoms with E-state index < -0.39 is 12.0 Å². The molecule has 2 amide bonds. The molecule has 1 unspecified atom stereocenters. The molecular formula is C15H16N2O5. The molecule has 7 heteroatoms. The Balaban J connectivity index is 2.02. The highest BCUT2D eigenvalue weighted by Crippen LogP contribution is 2.35. The van der Waals surface area contributed by atoms with Gasteiger partial charge in [-0.2, -0.15) is 0 Å². The highest BCUT2D eigenvalue weighted by molar-refractivity contribution is 5.94. The zero-order chi connectivity index (χ0) is 15.7. The van der Waals surface area contributed by atoms with Crippen molar-refractivity contribution in [3.8, 4) is 11.5 Å². The zero-order valence-corrected chi connectivity index (χ0v) is 12.3. The molecule has 1 aromatic carbocycles. The Kier molecular flexibility index (Phi) is 3.62. The Labute approximate surface area is 127 Å². The van der Waals surface area contributed by atoms with Crippen molar-refractivity contribution >= 4 is 12.0 Å². The summed E-state index contributed by atoms with van der Waals surface area (Å²) in [6.45, 7) is 2.63. The van der Waals surface area contributed by atoms with Crippen LogP contribution in [0.2, 0.25) is 0 Å². The Morgan fingerprint density at radius 3 is 2.73 bits per heavy atom. The first-order chi connectivity index (χ1) is 10.6. The number of amides is 2. The number of hydrogen-bond acceptors (Lipinski definition) is 5. The fraction of sp³-hybridized carbons (Fsp3) is 0.333. The Hall–Kier alpha value is -2.70. The molecule has 22 heavy (non-hydrogen) atoms. The van der Waals surface area contributed by atoms with Crippen molar-refractivity contribution in [3.63, 3.8) is 0 Å². The SMILES string of the molecule is COC(=O)C1=C(C)NC(=O)NC1c1ccc2c(c1)OCCO2. The largest absolute Gasteiger partial charge is 0.486 e. The van der Waals surface area contributed by atoms with Crippen LogP contribution in [0.4, 0.5) is 4.79 Å². The second-order valence-corrected chi connectivity index (χ2v) is 4.96. The molecule has 0 saturated heterocycles. The van der Waals surface area contributed by atoms with Crippen LogP contribution in [-0.2, 0) is 9.53 Å². The van der Waals surface area contributed by atoms with E-state index in [1.165, 1.54) is 7.11 Å². The first-order valence-corrected chi connectivity index (χ1v) is 6.86. The minimum Gasteiger partial charge on any atom is -0.486 e. The molecule has 0 bridgehead atoms. The average Bonchev–Trinajstić information content (AvgIpc) is 2.53. The van der Waals surface area contributed by atoms with Gasteiger partial charge in [0.15, 0.2) is 11.5 Å². The third kappa shape index (κ3) is 2.45. The fourth-order valence-corrected chi connectivity index (χ4v) is 2.56. The number of urea groups is 1. The lowest BCUT2D eigenvalue weighted by atomic mass is 9.95. The number of carbonyl (C=O) groups excluding carboxylic acids is 2. The number of ether oxygens (including phenoxy) is 3. The summed E-state index contributed by atoms with van der Waals surface area (Å²) < 4.78 is 15.8. The summed E-state index contributed by atoms with van der Waals surface area (Å²) in [4.78, 5) is 23.8. The lowest BCUT2D eigenvalue weighted by Gasteiger charge is -2.28.